The van der Waals surface area contributed by atoms with Gasteiger partial charge >= 0.3 is 6.09 Å². The lowest BCUT2D eigenvalue weighted by molar-refractivity contribution is 0.0896. The number of amides is 1. The Balaban J connectivity index is 1.33. The number of rotatable bonds is 15. The van der Waals surface area contributed by atoms with Gasteiger partial charge in [0.2, 0.25) is 17.5 Å². The molecule has 3 aromatic carbocycles. The molecule has 0 aliphatic heterocycles. The summed E-state index contributed by atoms with van der Waals surface area (Å²) < 4.78 is 16.6. The first-order chi connectivity index (χ1) is 19.6. The van der Waals surface area contributed by atoms with Crippen LogP contribution in [0.4, 0.5) is 4.79 Å². The average molecular weight is 543 g/mol. The van der Waals surface area contributed by atoms with Gasteiger partial charge in [0, 0.05) is 6.42 Å². The summed E-state index contributed by atoms with van der Waals surface area (Å²) >= 11 is 0. The van der Waals surface area contributed by atoms with E-state index in [2.05, 4.69) is 27.6 Å². The number of benzene rings is 3. The Morgan fingerprint density at radius 1 is 0.900 bits per heavy atom. The molecule has 3 N–H and O–H groups in total. The van der Waals surface area contributed by atoms with Crippen LogP contribution < -0.4 is 15.8 Å². The molecule has 1 aromatic heterocycles. The molecule has 0 aliphatic carbocycles. The Labute approximate surface area is 233 Å². The Kier molecular flexibility index (Phi) is 10.8. The third kappa shape index (κ3) is 9.06. The molecule has 1 amide bonds. The lowest BCUT2D eigenvalue weighted by Gasteiger charge is -2.16. The summed E-state index contributed by atoms with van der Waals surface area (Å²) in [7, 11) is 0. The first-order valence-corrected chi connectivity index (χ1v) is 13.4. The van der Waals surface area contributed by atoms with Crippen LogP contribution in [-0.2, 0) is 24.2 Å². The van der Waals surface area contributed by atoms with E-state index in [9.17, 15) is 9.59 Å². The number of ether oxygens (including phenoxy) is 2. The summed E-state index contributed by atoms with van der Waals surface area (Å²) in [5.41, 5.74) is 8.57. The second kappa shape index (κ2) is 15.2. The first-order valence-electron chi connectivity index (χ1n) is 13.4. The van der Waals surface area contributed by atoms with Crippen LogP contribution in [0.15, 0.2) is 89.5 Å². The Morgan fingerprint density at radius 3 is 2.38 bits per heavy atom. The number of ketones is 1. The predicted octanol–water partition coefficient (Wildman–Crippen LogP) is 4.89. The third-order valence-corrected chi connectivity index (χ3v) is 6.21. The van der Waals surface area contributed by atoms with E-state index in [-0.39, 0.29) is 18.3 Å². The van der Waals surface area contributed by atoms with Crippen molar-refractivity contribution in [2.45, 2.75) is 44.8 Å². The highest BCUT2D eigenvalue weighted by Gasteiger charge is 2.27. The maximum atomic E-state index is 13.2. The SMILES string of the molecule is NCCCCC(NC(=O)OCc1ccccc1)C(=O)c1noc(Cc2cccc(OCCc3ccccc3)c2)n1. The van der Waals surface area contributed by atoms with Gasteiger partial charge in [0.1, 0.15) is 12.4 Å². The molecule has 9 heteroatoms. The maximum Gasteiger partial charge on any atom is 0.408 e. The zero-order valence-corrected chi connectivity index (χ0v) is 22.3. The van der Waals surface area contributed by atoms with E-state index in [1.807, 2.05) is 72.8 Å². The van der Waals surface area contributed by atoms with Gasteiger partial charge in [0.05, 0.1) is 19.1 Å². The van der Waals surface area contributed by atoms with Crippen molar-refractivity contribution in [1.29, 1.82) is 0 Å². The van der Waals surface area contributed by atoms with Crippen molar-refractivity contribution >= 4 is 11.9 Å². The molecular weight excluding hydrogens is 508 g/mol. The number of hydrogen-bond acceptors (Lipinski definition) is 8. The zero-order valence-electron chi connectivity index (χ0n) is 22.3. The molecule has 0 bridgehead atoms. The number of carbonyl (C=O) groups is 2. The predicted molar refractivity (Wildman–Crippen MR) is 150 cm³/mol. The monoisotopic (exact) mass is 542 g/mol. The molecule has 0 spiro atoms. The van der Waals surface area contributed by atoms with Gasteiger partial charge in [-0.1, -0.05) is 78.0 Å². The van der Waals surface area contributed by atoms with Crippen molar-refractivity contribution in [3.8, 4) is 5.75 Å². The normalized spacial score (nSPS) is 11.5. The van der Waals surface area contributed by atoms with Crippen molar-refractivity contribution in [3.63, 3.8) is 0 Å². The van der Waals surface area contributed by atoms with Crippen LogP contribution >= 0.6 is 0 Å². The summed E-state index contributed by atoms with van der Waals surface area (Å²) in [6.45, 7) is 1.14. The van der Waals surface area contributed by atoms with Crippen molar-refractivity contribution in [3.05, 3.63) is 113 Å². The Morgan fingerprint density at radius 2 is 1.62 bits per heavy atom. The number of hydrogen-bond donors (Lipinski definition) is 2. The summed E-state index contributed by atoms with van der Waals surface area (Å²) in [6, 6.07) is 26.2. The van der Waals surface area contributed by atoms with Gasteiger partial charge in [-0.05, 0) is 54.6 Å². The fourth-order valence-electron chi connectivity index (χ4n) is 4.10. The Bertz CT molecular complexity index is 1340. The van der Waals surface area contributed by atoms with Crippen molar-refractivity contribution < 1.29 is 23.6 Å². The van der Waals surface area contributed by atoms with Crippen molar-refractivity contribution in [2.24, 2.45) is 5.73 Å². The van der Waals surface area contributed by atoms with E-state index in [1.54, 1.807) is 0 Å². The third-order valence-electron chi connectivity index (χ3n) is 6.21. The summed E-state index contributed by atoms with van der Waals surface area (Å²) in [5, 5.41) is 6.54. The molecule has 1 heterocycles. The van der Waals surface area contributed by atoms with Gasteiger partial charge in [0.15, 0.2) is 0 Å². The highest BCUT2D eigenvalue weighted by molar-refractivity contribution is 5.98. The topological polar surface area (TPSA) is 130 Å². The van der Waals surface area contributed by atoms with Gasteiger partial charge < -0.3 is 25.0 Å². The van der Waals surface area contributed by atoms with E-state index in [0.717, 1.165) is 23.3 Å². The standard InChI is InChI=1S/C31H34N4O5/c32-18-8-7-16-27(33-31(37)39-22-24-12-5-2-6-13-24)29(36)30-34-28(40-35-30)21-25-14-9-15-26(20-25)38-19-17-23-10-3-1-4-11-23/h1-6,9-15,20,27H,7-8,16-19,21-22,32H2,(H,33,37). The van der Waals surface area contributed by atoms with Gasteiger partial charge in [-0.25, -0.2) is 4.79 Å². The van der Waals surface area contributed by atoms with Gasteiger partial charge in [-0.2, -0.15) is 4.98 Å². The van der Waals surface area contributed by atoms with Crippen molar-refractivity contribution in [1.82, 2.24) is 15.5 Å². The highest BCUT2D eigenvalue weighted by Crippen LogP contribution is 2.17. The largest absolute Gasteiger partial charge is 0.493 e. The molecule has 0 saturated carbocycles. The van der Waals surface area contributed by atoms with Crippen LogP contribution in [0.25, 0.3) is 0 Å². The molecule has 4 rings (SSSR count). The molecule has 9 nitrogen and oxygen atoms in total. The number of nitrogens with one attached hydrogen (secondary N) is 1. The molecule has 1 atom stereocenters. The lowest BCUT2D eigenvalue weighted by atomic mass is 10.0. The zero-order chi connectivity index (χ0) is 28.0. The first kappa shape index (κ1) is 28.5. The smallest absolute Gasteiger partial charge is 0.408 e. The minimum Gasteiger partial charge on any atom is -0.493 e. The van der Waals surface area contributed by atoms with Crippen LogP contribution in [0.5, 0.6) is 5.75 Å². The molecule has 0 saturated heterocycles. The molecule has 40 heavy (non-hydrogen) atoms. The molecule has 0 radical (unpaired) electrons. The summed E-state index contributed by atoms with van der Waals surface area (Å²) in [4.78, 5) is 29.9. The van der Waals surface area contributed by atoms with E-state index >= 15 is 0 Å². The number of alkyl carbamates (subject to hydrolysis) is 1. The minimum atomic E-state index is -0.860. The molecule has 4 aromatic rings. The van der Waals surface area contributed by atoms with Gasteiger partial charge in [0.25, 0.3) is 0 Å². The van der Waals surface area contributed by atoms with Crippen LogP contribution in [0.3, 0.4) is 0 Å². The van der Waals surface area contributed by atoms with E-state index in [1.165, 1.54) is 5.56 Å². The summed E-state index contributed by atoms with van der Waals surface area (Å²) in [5.74, 6) is 0.493. The van der Waals surface area contributed by atoms with Crippen molar-refractivity contribution in [2.75, 3.05) is 13.2 Å². The van der Waals surface area contributed by atoms with Gasteiger partial charge in [-0.15, -0.1) is 0 Å². The molecule has 0 fully saturated rings. The van der Waals surface area contributed by atoms with E-state index in [0.29, 0.717) is 38.8 Å². The number of nitrogens with zero attached hydrogens (tertiary/aromatic N) is 2. The molecule has 208 valence electrons. The number of carbonyl (C=O) groups excluding carboxylic acids is 2. The van der Waals surface area contributed by atoms with E-state index in [4.69, 9.17) is 19.7 Å². The fourth-order valence-corrected chi connectivity index (χ4v) is 4.10. The van der Waals surface area contributed by atoms with Crippen LogP contribution in [0.1, 0.15) is 52.5 Å². The molecule has 1 unspecified atom stereocenters. The number of nitrogens with two attached hydrogens (primary N) is 1. The maximum absolute atomic E-state index is 13.2. The average Bonchev–Trinajstić information content (AvgIpc) is 3.45. The highest BCUT2D eigenvalue weighted by atomic mass is 16.5. The molecular formula is C31H34N4O5. The number of Topliss-reactive ketones (excluding diaryl/α,β-unsaturated/α-hetero) is 1. The van der Waals surface area contributed by atoms with Crippen LogP contribution in [-0.4, -0.2) is 41.2 Å². The van der Waals surface area contributed by atoms with Crippen LogP contribution in [0, 0.1) is 0 Å². The second-order valence-electron chi connectivity index (χ2n) is 9.33. The molecule has 0 aliphatic rings. The van der Waals surface area contributed by atoms with E-state index < -0.39 is 17.9 Å². The number of aromatic nitrogens is 2. The quantitative estimate of drug-likeness (QED) is 0.160. The Hall–Kier alpha value is -4.50. The number of unbranched alkanes of at least 4 members (excludes halogenated alkanes) is 1. The lowest BCUT2D eigenvalue weighted by Crippen LogP contribution is -2.41. The minimum absolute atomic E-state index is 0.0913. The second-order valence-corrected chi connectivity index (χ2v) is 9.33. The summed E-state index contributed by atoms with van der Waals surface area (Å²) in [6.07, 6.45) is 2.19. The fraction of sp³-hybridized carbons (Fsp3) is 0.290. The van der Waals surface area contributed by atoms with Crippen LogP contribution in [0.2, 0.25) is 0 Å². The van der Waals surface area contributed by atoms with Gasteiger partial charge in [-0.3, -0.25) is 4.79 Å².